The number of hydrogen-bond donors (Lipinski definition) is 2. The fraction of sp³-hybridized carbons (Fsp3) is 0.227. The van der Waals surface area contributed by atoms with Gasteiger partial charge in [0.15, 0.2) is 5.65 Å². The van der Waals surface area contributed by atoms with Gasteiger partial charge in [-0.1, -0.05) is 6.07 Å². The molecule has 0 fully saturated rings. The van der Waals surface area contributed by atoms with Crippen LogP contribution in [-0.4, -0.2) is 49.1 Å². The summed E-state index contributed by atoms with van der Waals surface area (Å²) in [6.07, 6.45) is 9.45. The molecular weight excluding hydrogens is 440 g/mol. The lowest BCUT2D eigenvalue weighted by molar-refractivity contribution is 0.408. The van der Waals surface area contributed by atoms with E-state index in [1.54, 1.807) is 6.20 Å². The second kappa shape index (κ2) is 7.34. The first-order valence-electron chi connectivity index (χ1n) is 10.2. The molecule has 2 N–H and O–H groups in total. The Morgan fingerprint density at radius 1 is 1.00 bits per heavy atom. The number of H-pyrrole nitrogens is 1. The average molecular weight is 463 g/mol. The number of fused-ring (bicyclic) bond motifs is 2. The number of aromatic amines is 1. The van der Waals surface area contributed by atoms with Crippen LogP contribution >= 0.6 is 0 Å². The summed E-state index contributed by atoms with van der Waals surface area (Å²) in [7, 11) is -3.45. The van der Waals surface area contributed by atoms with Gasteiger partial charge in [-0.25, -0.2) is 33.3 Å². The molecule has 168 valence electrons. The molecule has 4 heterocycles. The van der Waals surface area contributed by atoms with E-state index in [0.717, 1.165) is 28.4 Å². The molecule has 0 aliphatic heterocycles. The first-order valence-corrected chi connectivity index (χ1v) is 12.1. The Bertz CT molecular complexity index is 1600. The van der Waals surface area contributed by atoms with Crippen LogP contribution in [0.1, 0.15) is 20.8 Å². The largest absolute Gasteiger partial charge is 0.344 e. The molecule has 0 saturated carbocycles. The van der Waals surface area contributed by atoms with Gasteiger partial charge in [-0.3, -0.25) is 4.72 Å². The number of benzene rings is 1. The number of imidazole rings is 1. The highest BCUT2D eigenvalue weighted by Gasteiger charge is 2.18. The van der Waals surface area contributed by atoms with E-state index in [4.69, 9.17) is 4.98 Å². The summed E-state index contributed by atoms with van der Waals surface area (Å²) in [6.45, 7) is 6.43. The number of sulfonamides is 1. The van der Waals surface area contributed by atoms with E-state index < -0.39 is 10.0 Å². The van der Waals surface area contributed by atoms with Gasteiger partial charge in [0.2, 0.25) is 16.0 Å². The van der Waals surface area contributed by atoms with Gasteiger partial charge in [-0.05, 0) is 38.5 Å². The first kappa shape index (κ1) is 21.0. The number of anilines is 1. The summed E-state index contributed by atoms with van der Waals surface area (Å²) < 4.78 is 27.1. The molecule has 10 nitrogen and oxygen atoms in total. The van der Waals surface area contributed by atoms with Gasteiger partial charge >= 0.3 is 0 Å². The zero-order valence-corrected chi connectivity index (χ0v) is 19.3. The molecule has 11 heteroatoms. The molecule has 5 rings (SSSR count). The minimum Gasteiger partial charge on any atom is -0.344 e. The summed E-state index contributed by atoms with van der Waals surface area (Å²) >= 11 is 0. The summed E-state index contributed by atoms with van der Waals surface area (Å²) in [6, 6.07) is 6.14. The number of nitrogens with zero attached hydrogens (tertiary/aromatic N) is 6. The zero-order chi connectivity index (χ0) is 23.4. The quantitative estimate of drug-likeness (QED) is 0.417. The van der Waals surface area contributed by atoms with Gasteiger partial charge in [-0.15, -0.1) is 0 Å². The molecule has 0 aliphatic carbocycles. The van der Waals surface area contributed by atoms with Crippen molar-refractivity contribution in [2.45, 2.75) is 26.3 Å². The van der Waals surface area contributed by atoms with Crippen LogP contribution in [0, 0.1) is 0 Å². The minimum absolute atomic E-state index is 0.00128. The van der Waals surface area contributed by atoms with Crippen molar-refractivity contribution in [3.05, 3.63) is 49.3 Å². The van der Waals surface area contributed by atoms with Crippen LogP contribution in [-0.2, 0) is 15.6 Å². The minimum atomic E-state index is -3.45. The van der Waals surface area contributed by atoms with Crippen molar-refractivity contribution < 1.29 is 8.42 Å². The third-order valence-electron chi connectivity index (χ3n) is 5.19. The van der Waals surface area contributed by atoms with Crippen LogP contribution in [0.15, 0.2) is 49.3 Å². The topological polar surface area (TPSA) is 131 Å². The fourth-order valence-corrected chi connectivity index (χ4v) is 4.08. The number of rotatable bonds is 4. The highest BCUT2D eigenvalue weighted by atomic mass is 32.2. The summed E-state index contributed by atoms with van der Waals surface area (Å²) in [5.41, 5.74) is 6.36. The van der Waals surface area contributed by atoms with Crippen molar-refractivity contribution >= 4 is 38.2 Å². The van der Waals surface area contributed by atoms with Crippen LogP contribution in [0.5, 0.6) is 0 Å². The fourth-order valence-electron chi connectivity index (χ4n) is 3.64. The van der Waals surface area contributed by atoms with Crippen LogP contribution in [0.25, 0.3) is 44.6 Å². The summed E-state index contributed by atoms with van der Waals surface area (Å²) in [5.74, 6) is 0.00128. The average Bonchev–Trinajstić information content (AvgIpc) is 3.36. The van der Waals surface area contributed by atoms with Crippen molar-refractivity contribution in [1.82, 2.24) is 34.5 Å². The van der Waals surface area contributed by atoms with E-state index in [1.165, 1.54) is 12.4 Å². The summed E-state index contributed by atoms with van der Waals surface area (Å²) in [4.78, 5) is 25.1. The standard InChI is InChI=1S/C22H22N8O2S/c1-22(2,3)30-12-27-16-6-5-13(7-18(16)30)15-10-23-20-19(15)28-17(11-24-20)14-8-25-21(26-9-14)29-33(4,31)32/h5-12H,1-4H3,(H,23,24)(H,25,26,29). The highest BCUT2D eigenvalue weighted by molar-refractivity contribution is 7.91. The van der Waals surface area contributed by atoms with Gasteiger partial charge in [0.05, 0.1) is 35.5 Å². The molecule has 0 aliphatic rings. The molecular formula is C22H22N8O2S. The zero-order valence-electron chi connectivity index (χ0n) is 18.5. The molecule has 0 amide bonds. The predicted molar refractivity (Wildman–Crippen MR) is 127 cm³/mol. The molecule has 4 aromatic heterocycles. The number of aromatic nitrogens is 7. The van der Waals surface area contributed by atoms with E-state index in [-0.39, 0.29) is 11.5 Å². The molecule has 0 spiro atoms. The Labute approximate surface area is 190 Å². The van der Waals surface area contributed by atoms with Crippen molar-refractivity contribution in [2.24, 2.45) is 0 Å². The lowest BCUT2D eigenvalue weighted by atomic mass is 10.1. The van der Waals surface area contributed by atoms with Gasteiger partial charge in [-0.2, -0.15) is 0 Å². The number of hydrogen-bond acceptors (Lipinski definition) is 7. The van der Waals surface area contributed by atoms with E-state index in [9.17, 15) is 8.42 Å². The molecule has 0 bridgehead atoms. The maximum Gasteiger partial charge on any atom is 0.236 e. The Balaban J connectivity index is 1.57. The lowest BCUT2D eigenvalue weighted by Gasteiger charge is -2.21. The van der Waals surface area contributed by atoms with Crippen LogP contribution < -0.4 is 4.72 Å². The highest BCUT2D eigenvalue weighted by Crippen LogP contribution is 2.31. The van der Waals surface area contributed by atoms with Crippen molar-refractivity contribution in [3.8, 4) is 22.4 Å². The van der Waals surface area contributed by atoms with Gasteiger partial charge in [0.25, 0.3) is 0 Å². The first-order chi connectivity index (χ1) is 15.6. The van der Waals surface area contributed by atoms with E-state index in [1.807, 2.05) is 24.7 Å². The smallest absolute Gasteiger partial charge is 0.236 e. The Kier molecular flexibility index (Phi) is 4.67. The number of nitrogens with one attached hydrogen (secondary N) is 2. The van der Waals surface area contributed by atoms with Gasteiger partial charge in [0.1, 0.15) is 5.52 Å². The van der Waals surface area contributed by atoms with Crippen molar-refractivity contribution in [2.75, 3.05) is 11.0 Å². The molecule has 33 heavy (non-hydrogen) atoms. The SMILES string of the molecule is CC(C)(C)n1cnc2ccc(-c3c[nH]c4ncc(-c5cnc(NS(C)(=O)=O)nc5)nc34)cc21. The van der Waals surface area contributed by atoms with Crippen molar-refractivity contribution in [3.63, 3.8) is 0 Å². The molecule has 1 aromatic carbocycles. The van der Waals surface area contributed by atoms with E-state index >= 15 is 0 Å². The Morgan fingerprint density at radius 2 is 1.76 bits per heavy atom. The molecule has 0 radical (unpaired) electrons. The molecule has 0 atom stereocenters. The van der Waals surface area contributed by atoms with Gasteiger partial charge < -0.3 is 9.55 Å². The molecule has 0 unspecified atom stereocenters. The second-order valence-electron chi connectivity index (χ2n) is 8.81. The molecule has 0 saturated heterocycles. The van der Waals surface area contributed by atoms with Crippen LogP contribution in [0.4, 0.5) is 5.95 Å². The third kappa shape index (κ3) is 4.02. The molecule has 5 aromatic rings. The lowest BCUT2D eigenvalue weighted by Crippen LogP contribution is -2.20. The van der Waals surface area contributed by atoms with E-state index in [2.05, 4.69) is 61.0 Å². The normalized spacial score (nSPS) is 12.5. The Morgan fingerprint density at radius 3 is 2.45 bits per heavy atom. The predicted octanol–water partition coefficient (Wildman–Crippen LogP) is 3.56. The Hall–Kier alpha value is -3.86. The monoisotopic (exact) mass is 462 g/mol. The van der Waals surface area contributed by atoms with E-state index in [0.29, 0.717) is 22.4 Å². The van der Waals surface area contributed by atoms with Crippen LogP contribution in [0.3, 0.4) is 0 Å². The summed E-state index contributed by atoms with van der Waals surface area (Å²) in [5, 5.41) is 0. The third-order valence-corrected chi connectivity index (χ3v) is 5.74. The van der Waals surface area contributed by atoms with Crippen LogP contribution in [0.2, 0.25) is 0 Å². The maximum absolute atomic E-state index is 11.4. The van der Waals surface area contributed by atoms with Crippen molar-refractivity contribution in [1.29, 1.82) is 0 Å². The maximum atomic E-state index is 11.4. The second-order valence-corrected chi connectivity index (χ2v) is 10.6. The van der Waals surface area contributed by atoms with Gasteiger partial charge in [0, 0.05) is 35.3 Å².